The molecule has 0 spiro atoms. The fourth-order valence-corrected chi connectivity index (χ4v) is 1.89. The predicted octanol–water partition coefficient (Wildman–Crippen LogP) is 3.37. The van der Waals surface area contributed by atoms with Crippen molar-refractivity contribution in [2.45, 2.75) is 18.6 Å². The average Bonchev–Trinajstić information content (AvgIpc) is 2.54. The van der Waals surface area contributed by atoms with Crippen LogP contribution in [-0.4, -0.2) is 29.7 Å². The number of hydrogen-bond acceptors (Lipinski definition) is 4. The molecular formula is C16H18Cl2F3N3O2. The van der Waals surface area contributed by atoms with E-state index in [0.717, 1.165) is 5.56 Å². The van der Waals surface area contributed by atoms with Crippen molar-refractivity contribution in [2.24, 2.45) is 5.73 Å². The lowest BCUT2D eigenvalue weighted by molar-refractivity contribution is -0.154. The Kier molecular flexibility index (Phi) is 10.0. The Labute approximate surface area is 161 Å². The van der Waals surface area contributed by atoms with Crippen molar-refractivity contribution in [1.82, 2.24) is 4.98 Å². The number of nitrogens with zero attached hydrogens (tertiary/aromatic N) is 1. The number of hydrogen-bond donors (Lipinski definition) is 2. The highest BCUT2D eigenvalue weighted by atomic mass is 35.5. The van der Waals surface area contributed by atoms with E-state index in [1.807, 2.05) is 30.3 Å². The Balaban J connectivity index is 0.00000312. The first-order valence-electron chi connectivity index (χ1n) is 7.09. The number of alkyl halides is 3. The monoisotopic (exact) mass is 411 g/mol. The van der Waals surface area contributed by atoms with E-state index in [2.05, 4.69) is 15.0 Å². The van der Waals surface area contributed by atoms with E-state index in [9.17, 15) is 18.0 Å². The fourth-order valence-electron chi connectivity index (χ4n) is 1.89. The minimum Gasteiger partial charge on any atom is -0.468 e. The van der Waals surface area contributed by atoms with Gasteiger partial charge >= 0.3 is 6.18 Å². The second-order valence-corrected chi connectivity index (χ2v) is 5.07. The van der Waals surface area contributed by atoms with Crippen molar-refractivity contribution < 1.29 is 22.7 Å². The van der Waals surface area contributed by atoms with Crippen LogP contribution in [0.15, 0.2) is 48.7 Å². The van der Waals surface area contributed by atoms with Crippen LogP contribution in [0.5, 0.6) is 5.88 Å². The van der Waals surface area contributed by atoms with Gasteiger partial charge < -0.3 is 15.8 Å². The summed E-state index contributed by atoms with van der Waals surface area (Å²) in [6.07, 6.45) is -2.86. The van der Waals surface area contributed by atoms with Crippen LogP contribution in [0.4, 0.5) is 18.9 Å². The van der Waals surface area contributed by atoms with Crippen LogP contribution in [0.25, 0.3) is 0 Å². The van der Waals surface area contributed by atoms with Gasteiger partial charge in [0.05, 0.1) is 17.9 Å². The molecule has 1 aromatic carbocycles. The molecule has 10 heteroatoms. The molecule has 1 amide bonds. The maximum atomic E-state index is 12.0. The quantitative estimate of drug-likeness (QED) is 0.763. The van der Waals surface area contributed by atoms with Crippen LogP contribution in [0, 0.1) is 0 Å². The number of ether oxygens (including phenoxy) is 1. The molecule has 144 valence electrons. The number of carbonyl (C=O) groups is 1. The van der Waals surface area contributed by atoms with Crippen LogP contribution in [0.2, 0.25) is 0 Å². The summed E-state index contributed by atoms with van der Waals surface area (Å²) in [5, 5.41) is 2.56. The van der Waals surface area contributed by atoms with Gasteiger partial charge in [-0.2, -0.15) is 13.2 Å². The third kappa shape index (κ3) is 8.37. The Morgan fingerprint density at radius 1 is 1.15 bits per heavy atom. The summed E-state index contributed by atoms with van der Waals surface area (Å²) in [5.41, 5.74) is 7.09. The SMILES string of the molecule is Cl.Cl.NC(Cc1ccccc1)C(=O)Nc1ccc(OCC(F)(F)F)nc1. The van der Waals surface area contributed by atoms with Crippen LogP contribution >= 0.6 is 24.8 Å². The topological polar surface area (TPSA) is 77.2 Å². The Morgan fingerprint density at radius 3 is 2.35 bits per heavy atom. The molecule has 2 aromatic rings. The number of pyridine rings is 1. The Morgan fingerprint density at radius 2 is 1.81 bits per heavy atom. The van der Waals surface area contributed by atoms with E-state index in [0.29, 0.717) is 12.1 Å². The maximum Gasteiger partial charge on any atom is 0.422 e. The molecule has 1 aromatic heterocycles. The average molecular weight is 412 g/mol. The third-order valence-electron chi connectivity index (χ3n) is 3.02. The van der Waals surface area contributed by atoms with E-state index in [1.54, 1.807) is 0 Å². The minimum atomic E-state index is -4.43. The molecule has 1 heterocycles. The van der Waals surface area contributed by atoms with Gasteiger partial charge in [0.2, 0.25) is 11.8 Å². The Hall–Kier alpha value is -2.03. The number of aromatic nitrogens is 1. The smallest absolute Gasteiger partial charge is 0.422 e. The van der Waals surface area contributed by atoms with Crippen LogP contribution in [0.3, 0.4) is 0 Å². The summed E-state index contributed by atoms with van der Waals surface area (Å²) < 4.78 is 40.6. The lowest BCUT2D eigenvalue weighted by Crippen LogP contribution is -2.37. The van der Waals surface area contributed by atoms with Crippen molar-refractivity contribution >= 4 is 36.4 Å². The summed E-state index contributed by atoms with van der Waals surface area (Å²) in [4.78, 5) is 15.7. The molecular weight excluding hydrogens is 394 g/mol. The van der Waals surface area contributed by atoms with E-state index < -0.39 is 24.7 Å². The van der Waals surface area contributed by atoms with Gasteiger partial charge in [-0.3, -0.25) is 4.79 Å². The first-order chi connectivity index (χ1) is 11.3. The van der Waals surface area contributed by atoms with E-state index >= 15 is 0 Å². The molecule has 1 unspecified atom stereocenters. The summed E-state index contributed by atoms with van der Waals surface area (Å²) in [6, 6.07) is 11.2. The zero-order valence-electron chi connectivity index (χ0n) is 13.4. The number of nitrogens with two attached hydrogens (primary N) is 1. The van der Waals surface area contributed by atoms with Crippen LogP contribution in [-0.2, 0) is 11.2 Å². The normalized spacial score (nSPS) is 11.5. The first-order valence-corrected chi connectivity index (χ1v) is 7.09. The second kappa shape index (κ2) is 10.8. The van der Waals surface area contributed by atoms with E-state index in [-0.39, 0.29) is 30.7 Å². The first kappa shape index (κ1) is 24.0. The zero-order valence-corrected chi connectivity index (χ0v) is 15.0. The molecule has 26 heavy (non-hydrogen) atoms. The lowest BCUT2D eigenvalue weighted by atomic mass is 10.1. The van der Waals surface area contributed by atoms with Gasteiger partial charge in [-0.25, -0.2) is 4.98 Å². The minimum absolute atomic E-state index is 0. The second-order valence-electron chi connectivity index (χ2n) is 5.07. The summed E-state index contributed by atoms with van der Waals surface area (Å²) in [6.45, 7) is -1.42. The highest BCUT2D eigenvalue weighted by Gasteiger charge is 2.28. The van der Waals surface area contributed by atoms with Gasteiger partial charge in [-0.05, 0) is 18.1 Å². The fraction of sp³-hybridized carbons (Fsp3) is 0.250. The standard InChI is InChI=1S/C16H16F3N3O2.2ClH/c17-16(18,19)10-24-14-7-6-12(9-21-14)22-15(23)13(20)8-11-4-2-1-3-5-11;;/h1-7,9,13H,8,10,20H2,(H,22,23);2*1H. The molecule has 0 saturated heterocycles. The molecule has 0 aliphatic rings. The largest absolute Gasteiger partial charge is 0.468 e. The molecule has 3 N–H and O–H groups in total. The molecule has 0 aliphatic heterocycles. The number of amides is 1. The molecule has 0 aliphatic carbocycles. The molecule has 1 atom stereocenters. The number of rotatable bonds is 6. The van der Waals surface area contributed by atoms with Crippen molar-refractivity contribution in [1.29, 1.82) is 0 Å². The predicted molar refractivity (Wildman–Crippen MR) is 97.0 cm³/mol. The number of carbonyl (C=O) groups excluding carboxylic acids is 1. The van der Waals surface area contributed by atoms with Crippen molar-refractivity contribution in [3.05, 3.63) is 54.2 Å². The molecule has 5 nitrogen and oxygen atoms in total. The summed E-state index contributed by atoms with van der Waals surface area (Å²) in [5.74, 6) is -0.594. The van der Waals surface area contributed by atoms with Crippen molar-refractivity contribution in [2.75, 3.05) is 11.9 Å². The van der Waals surface area contributed by atoms with Crippen molar-refractivity contribution in [3.63, 3.8) is 0 Å². The highest BCUT2D eigenvalue weighted by Crippen LogP contribution is 2.18. The zero-order chi connectivity index (χ0) is 17.6. The summed E-state index contributed by atoms with van der Waals surface area (Å²) >= 11 is 0. The molecule has 0 bridgehead atoms. The molecule has 0 radical (unpaired) electrons. The summed E-state index contributed by atoms with van der Waals surface area (Å²) in [7, 11) is 0. The van der Waals surface area contributed by atoms with Gasteiger partial charge in [0.1, 0.15) is 0 Å². The van der Waals surface area contributed by atoms with Gasteiger partial charge in [0, 0.05) is 6.07 Å². The number of halogens is 5. The van der Waals surface area contributed by atoms with Crippen LogP contribution < -0.4 is 15.8 Å². The lowest BCUT2D eigenvalue weighted by Gasteiger charge is -2.13. The van der Waals surface area contributed by atoms with E-state index in [1.165, 1.54) is 18.3 Å². The number of anilines is 1. The maximum absolute atomic E-state index is 12.0. The Bertz CT molecular complexity index is 671. The number of nitrogens with one attached hydrogen (secondary N) is 1. The van der Waals surface area contributed by atoms with Gasteiger partial charge in [-0.1, -0.05) is 30.3 Å². The van der Waals surface area contributed by atoms with Gasteiger partial charge in [-0.15, -0.1) is 24.8 Å². The molecule has 0 fully saturated rings. The molecule has 0 saturated carbocycles. The third-order valence-corrected chi connectivity index (χ3v) is 3.02. The molecule has 2 rings (SSSR count). The van der Waals surface area contributed by atoms with Crippen molar-refractivity contribution in [3.8, 4) is 5.88 Å². The number of benzene rings is 1. The van der Waals surface area contributed by atoms with Crippen LogP contribution in [0.1, 0.15) is 5.56 Å². The highest BCUT2D eigenvalue weighted by molar-refractivity contribution is 5.94. The van der Waals surface area contributed by atoms with E-state index in [4.69, 9.17) is 5.73 Å². The van der Waals surface area contributed by atoms with Gasteiger partial charge in [0.25, 0.3) is 0 Å². The van der Waals surface area contributed by atoms with Gasteiger partial charge in [0.15, 0.2) is 6.61 Å².